The molecule has 0 bridgehead atoms. The number of aromatic hydroxyl groups is 1. The highest BCUT2D eigenvalue weighted by atomic mass is 35.5. The second kappa shape index (κ2) is 11.2. The zero-order valence-corrected chi connectivity index (χ0v) is 17.8. The van der Waals surface area contributed by atoms with Crippen molar-refractivity contribution in [3.63, 3.8) is 0 Å². The van der Waals surface area contributed by atoms with E-state index < -0.39 is 22.7 Å². The minimum atomic E-state index is -4.58. The molecule has 2 aromatic carbocycles. The number of primary amides is 1. The smallest absolute Gasteiger partial charge is 0.417 e. The van der Waals surface area contributed by atoms with E-state index in [1.54, 1.807) is 6.07 Å². The zero-order valence-electron chi connectivity index (χ0n) is 17.0. The first-order valence-electron chi connectivity index (χ1n) is 9.91. The molecule has 0 aliphatic carbocycles. The molecule has 1 atom stereocenters. The van der Waals surface area contributed by atoms with E-state index in [2.05, 4.69) is 17.5 Å². The van der Waals surface area contributed by atoms with Gasteiger partial charge in [0.15, 0.2) is 0 Å². The van der Waals surface area contributed by atoms with Gasteiger partial charge in [-0.1, -0.05) is 42.3 Å². The number of phenolic OH excluding ortho intramolecular Hbond substituents is 1. The monoisotopic (exact) mass is 454 g/mol. The van der Waals surface area contributed by atoms with Gasteiger partial charge in [0.25, 0.3) is 0 Å². The summed E-state index contributed by atoms with van der Waals surface area (Å²) in [5.74, 6) is -0.616. The lowest BCUT2D eigenvalue weighted by atomic mass is 9.95. The Morgan fingerprint density at radius 1 is 1.26 bits per heavy atom. The fraction of sp³-hybridized carbons (Fsp3) is 0.348. The Morgan fingerprint density at radius 2 is 1.97 bits per heavy atom. The van der Waals surface area contributed by atoms with Crippen LogP contribution in [-0.4, -0.2) is 35.0 Å². The van der Waals surface area contributed by atoms with Crippen LogP contribution in [0.2, 0.25) is 5.02 Å². The number of amides is 1. The highest BCUT2D eigenvalue weighted by molar-refractivity contribution is 6.34. The van der Waals surface area contributed by atoms with Crippen molar-refractivity contribution in [3.8, 4) is 5.75 Å². The molecular formula is C23H26ClF3N2O2. The molecule has 2 aromatic rings. The Morgan fingerprint density at radius 3 is 2.58 bits per heavy atom. The molecule has 1 aliphatic rings. The molecule has 0 spiro atoms. The van der Waals surface area contributed by atoms with Crippen molar-refractivity contribution in [2.75, 3.05) is 13.1 Å². The van der Waals surface area contributed by atoms with Crippen LogP contribution in [0.1, 0.15) is 40.7 Å². The number of alkyl halides is 3. The Balaban J connectivity index is 0.000000225. The van der Waals surface area contributed by atoms with E-state index in [-0.39, 0.29) is 5.56 Å². The first kappa shape index (κ1) is 24.8. The minimum Gasteiger partial charge on any atom is -0.508 e. The number of carbonyl (C=O) groups is 1. The topological polar surface area (TPSA) is 66.6 Å². The highest BCUT2D eigenvalue weighted by Gasteiger charge is 2.34. The Bertz CT molecular complexity index is 903. The fourth-order valence-electron chi connectivity index (χ4n) is 3.59. The normalized spacial score (nSPS) is 16.8. The van der Waals surface area contributed by atoms with E-state index in [4.69, 9.17) is 17.3 Å². The maximum absolute atomic E-state index is 12.3. The number of phenols is 1. The van der Waals surface area contributed by atoms with Crippen LogP contribution in [0.3, 0.4) is 0 Å². The summed E-state index contributed by atoms with van der Waals surface area (Å²) >= 11 is 5.37. The van der Waals surface area contributed by atoms with Crippen molar-refractivity contribution in [1.29, 1.82) is 0 Å². The molecule has 1 aliphatic heterocycles. The van der Waals surface area contributed by atoms with Crippen molar-refractivity contribution in [3.05, 3.63) is 76.8 Å². The van der Waals surface area contributed by atoms with Crippen molar-refractivity contribution in [2.45, 2.75) is 37.9 Å². The molecular weight excluding hydrogens is 429 g/mol. The lowest BCUT2D eigenvalue weighted by Crippen LogP contribution is -2.40. The van der Waals surface area contributed by atoms with E-state index in [0.29, 0.717) is 11.8 Å². The van der Waals surface area contributed by atoms with Crippen LogP contribution in [-0.2, 0) is 12.6 Å². The molecule has 3 N–H and O–H groups in total. The summed E-state index contributed by atoms with van der Waals surface area (Å²) in [5, 5.41) is 8.82. The molecule has 1 amide bonds. The van der Waals surface area contributed by atoms with Gasteiger partial charge in [-0.3, -0.25) is 9.69 Å². The van der Waals surface area contributed by atoms with Gasteiger partial charge in [0, 0.05) is 12.6 Å². The third-order valence-electron chi connectivity index (χ3n) is 5.06. The van der Waals surface area contributed by atoms with Crippen LogP contribution < -0.4 is 5.73 Å². The van der Waals surface area contributed by atoms with Crippen molar-refractivity contribution >= 4 is 17.5 Å². The lowest BCUT2D eigenvalue weighted by Gasteiger charge is -2.35. The Hall–Kier alpha value is -2.51. The number of nitrogens with zero attached hydrogens (tertiary/aromatic N) is 1. The standard InChI is InChI=1S/C15H21NO.C8H5ClF3NO/c1-2-9-16-10-4-3-7-14(16)11-13-6-5-8-15(17)12-13;9-6-4(7(13)14)2-1-3-5(6)8(10,11)12/h2,5-6,8,12,14,17H,1,3-4,7,9-11H2;1-3H,(H2,13,14). The summed E-state index contributed by atoms with van der Waals surface area (Å²) in [5.41, 5.74) is 4.67. The van der Waals surface area contributed by atoms with E-state index >= 15 is 0 Å². The van der Waals surface area contributed by atoms with Gasteiger partial charge in [0.1, 0.15) is 5.75 Å². The summed E-state index contributed by atoms with van der Waals surface area (Å²) in [6.45, 7) is 5.98. The van der Waals surface area contributed by atoms with E-state index in [0.717, 1.165) is 31.2 Å². The summed E-state index contributed by atoms with van der Waals surface area (Å²) in [7, 11) is 0. The first-order valence-corrected chi connectivity index (χ1v) is 10.3. The number of hydrogen-bond donors (Lipinski definition) is 2. The lowest BCUT2D eigenvalue weighted by molar-refractivity contribution is -0.137. The van der Waals surface area contributed by atoms with Crippen LogP contribution >= 0.6 is 11.6 Å². The summed E-state index contributed by atoms with van der Waals surface area (Å²) in [4.78, 5) is 13.2. The molecule has 0 radical (unpaired) electrons. The Kier molecular flexibility index (Phi) is 8.95. The molecule has 0 saturated carbocycles. The van der Waals surface area contributed by atoms with Crippen molar-refractivity contribution < 1.29 is 23.1 Å². The maximum Gasteiger partial charge on any atom is 0.417 e. The minimum absolute atomic E-state index is 0.332. The molecule has 0 aromatic heterocycles. The number of rotatable bonds is 5. The SMILES string of the molecule is C=CCN1CCCCC1Cc1cccc(O)c1.NC(=O)c1cccc(C(F)(F)F)c1Cl. The molecule has 168 valence electrons. The third-order valence-corrected chi connectivity index (χ3v) is 5.47. The molecule has 1 fully saturated rings. The van der Waals surface area contributed by atoms with Crippen LogP contribution in [0.15, 0.2) is 55.1 Å². The Labute approximate surface area is 185 Å². The molecule has 31 heavy (non-hydrogen) atoms. The summed E-state index contributed by atoms with van der Waals surface area (Å²) in [6, 6.07) is 11.2. The molecule has 1 unspecified atom stereocenters. The first-order chi connectivity index (χ1) is 14.6. The van der Waals surface area contributed by atoms with Gasteiger partial charge in [0.2, 0.25) is 5.91 Å². The van der Waals surface area contributed by atoms with E-state index in [1.807, 2.05) is 18.2 Å². The number of benzene rings is 2. The average molecular weight is 455 g/mol. The summed E-state index contributed by atoms with van der Waals surface area (Å²) < 4.78 is 36.8. The molecule has 8 heteroatoms. The second-order valence-electron chi connectivity index (χ2n) is 7.34. The van der Waals surface area contributed by atoms with E-state index in [1.165, 1.54) is 31.4 Å². The van der Waals surface area contributed by atoms with Crippen LogP contribution in [0.25, 0.3) is 0 Å². The number of nitrogens with two attached hydrogens (primary N) is 1. The highest BCUT2D eigenvalue weighted by Crippen LogP contribution is 2.35. The van der Waals surface area contributed by atoms with Crippen LogP contribution in [0.4, 0.5) is 13.2 Å². The van der Waals surface area contributed by atoms with Gasteiger partial charge in [-0.15, -0.1) is 6.58 Å². The summed E-state index contributed by atoms with van der Waals surface area (Å²) in [6.07, 6.45) is 2.30. The molecule has 4 nitrogen and oxygen atoms in total. The third kappa shape index (κ3) is 7.29. The molecule has 3 rings (SSSR count). The average Bonchev–Trinajstić information content (AvgIpc) is 2.69. The largest absolute Gasteiger partial charge is 0.508 e. The quantitative estimate of drug-likeness (QED) is 0.592. The number of likely N-dealkylation sites (tertiary alicyclic amines) is 1. The number of piperidine rings is 1. The van der Waals surface area contributed by atoms with Gasteiger partial charge < -0.3 is 10.8 Å². The van der Waals surface area contributed by atoms with Gasteiger partial charge >= 0.3 is 6.18 Å². The van der Waals surface area contributed by atoms with E-state index in [9.17, 15) is 23.1 Å². The van der Waals surface area contributed by atoms with Gasteiger partial charge in [-0.25, -0.2) is 0 Å². The molecule has 1 heterocycles. The zero-order chi connectivity index (χ0) is 23.0. The van der Waals surface area contributed by atoms with Crippen LogP contribution in [0, 0.1) is 0 Å². The maximum atomic E-state index is 12.3. The second-order valence-corrected chi connectivity index (χ2v) is 7.71. The predicted octanol–water partition coefficient (Wildman–Crippen LogP) is 5.43. The van der Waals surface area contributed by atoms with Gasteiger partial charge in [0.05, 0.1) is 16.1 Å². The number of carbonyl (C=O) groups excluding carboxylic acids is 1. The number of hydrogen-bond acceptors (Lipinski definition) is 3. The number of halogens is 4. The fourth-order valence-corrected chi connectivity index (χ4v) is 3.92. The molecule has 1 saturated heterocycles. The van der Waals surface area contributed by atoms with Crippen molar-refractivity contribution in [1.82, 2.24) is 4.90 Å². The van der Waals surface area contributed by atoms with Gasteiger partial charge in [-0.2, -0.15) is 13.2 Å². The van der Waals surface area contributed by atoms with Gasteiger partial charge in [-0.05, 0) is 55.6 Å². The predicted molar refractivity (Wildman–Crippen MR) is 116 cm³/mol. The van der Waals surface area contributed by atoms with Crippen molar-refractivity contribution in [2.24, 2.45) is 5.73 Å². The van der Waals surface area contributed by atoms with Crippen LogP contribution in [0.5, 0.6) is 5.75 Å².